The Balaban J connectivity index is 1.96. The zero-order chi connectivity index (χ0) is 17.7. The van der Waals surface area contributed by atoms with E-state index >= 15 is 0 Å². The summed E-state index contributed by atoms with van der Waals surface area (Å²) in [6.45, 7) is 2.62. The summed E-state index contributed by atoms with van der Waals surface area (Å²) in [6, 6.07) is 0. The van der Waals surface area contributed by atoms with E-state index in [0.29, 0.717) is 37.6 Å². The summed E-state index contributed by atoms with van der Waals surface area (Å²) in [5.74, 6) is 1.18. The van der Waals surface area contributed by atoms with Crippen LogP contribution < -0.4 is 22.9 Å². The fourth-order valence-electron chi connectivity index (χ4n) is 2.11. The fourth-order valence-corrected chi connectivity index (χ4v) is 2.11. The zero-order valence-electron chi connectivity index (χ0n) is 13.3. The van der Waals surface area contributed by atoms with E-state index in [1.165, 1.54) is 0 Å². The Labute approximate surface area is 138 Å². The van der Waals surface area contributed by atoms with Crippen molar-refractivity contribution in [3.8, 4) is 0 Å². The predicted molar refractivity (Wildman–Crippen MR) is 88.0 cm³/mol. The standard InChI is InChI=1S/C12H21N11O/c1-6(24)23(4-2-7-17-9(13)21-10(14)18-7)5-3-8-19-11(15)22-12(16)20-8/h6,24H,2-5H2,1H3,(H4,13,14,17,18,21)(H4,15,16,19,20,22). The monoisotopic (exact) mass is 335 g/mol. The minimum Gasteiger partial charge on any atom is -0.379 e. The van der Waals surface area contributed by atoms with Crippen molar-refractivity contribution >= 4 is 23.8 Å². The summed E-state index contributed by atoms with van der Waals surface area (Å²) in [5, 5.41) is 9.91. The third-order valence-electron chi connectivity index (χ3n) is 3.21. The van der Waals surface area contributed by atoms with E-state index < -0.39 is 6.23 Å². The second kappa shape index (κ2) is 7.61. The summed E-state index contributed by atoms with van der Waals surface area (Å²) in [5.41, 5.74) is 22.1. The van der Waals surface area contributed by atoms with Gasteiger partial charge in [-0.2, -0.15) is 29.9 Å². The topological polar surface area (TPSA) is 205 Å². The number of nitrogen functional groups attached to an aromatic ring is 4. The Morgan fingerprint density at radius 3 is 1.38 bits per heavy atom. The molecule has 2 rings (SSSR count). The van der Waals surface area contributed by atoms with Crippen LogP contribution in [0.15, 0.2) is 0 Å². The van der Waals surface area contributed by atoms with E-state index in [1.54, 1.807) is 11.8 Å². The third-order valence-corrected chi connectivity index (χ3v) is 3.21. The van der Waals surface area contributed by atoms with Crippen LogP contribution in [0.1, 0.15) is 18.6 Å². The van der Waals surface area contributed by atoms with E-state index in [2.05, 4.69) is 29.9 Å². The highest BCUT2D eigenvalue weighted by atomic mass is 16.3. The predicted octanol–water partition coefficient (Wildman–Crippen LogP) is -2.19. The van der Waals surface area contributed by atoms with Gasteiger partial charge in [0.1, 0.15) is 17.9 Å². The molecule has 1 atom stereocenters. The number of aliphatic hydroxyl groups excluding tert-OH is 1. The van der Waals surface area contributed by atoms with Crippen molar-refractivity contribution in [2.75, 3.05) is 36.0 Å². The lowest BCUT2D eigenvalue weighted by atomic mass is 10.3. The maximum atomic E-state index is 9.91. The van der Waals surface area contributed by atoms with Crippen molar-refractivity contribution in [2.24, 2.45) is 0 Å². The average Bonchev–Trinajstić information content (AvgIpc) is 2.44. The van der Waals surface area contributed by atoms with Crippen molar-refractivity contribution in [3.63, 3.8) is 0 Å². The Hall–Kier alpha value is -2.86. The molecule has 0 spiro atoms. The van der Waals surface area contributed by atoms with Crippen LogP contribution in [0, 0.1) is 0 Å². The molecule has 2 aromatic heterocycles. The number of nitrogens with two attached hydrogens (primary N) is 4. The highest BCUT2D eigenvalue weighted by molar-refractivity contribution is 5.26. The Bertz CT molecular complexity index is 597. The van der Waals surface area contributed by atoms with Crippen molar-refractivity contribution in [2.45, 2.75) is 26.0 Å². The quantitative estimate of drug-likeness (QED) is 0.342. The highest BCUT2D eigenvalue weighted by Crippen LogP contribution is 2.05. The van der Waals surface area contributed by atoms with Crippen LogP contribution in [0.3, 0.4) is 0 Å². The van der Waals surface area contributed by atoms with Gasteiger partial charge >= 0.3 is 0 Å². The summed E-state index contributed by atoms with van der Waals surface area (Å²) in [7, 11) is 0. The smallest absolute Gasteiger partial charge is 0.225 e. The summed E-state index contributed by atoms with van der Waals surface area (Å²) >= 11 is 0. The first-order valence-electron chi connectivity index (χ1n) is 7.27. The van der Waals surface area contributed by atoms with E-state index in [9.17, 15) is 5.11 Å². The van der Waals surface area contributed by atoms with Crippen LogP contribution >= 0.6 is 0 Å². The van der Waals surface area contributed by atoms with Crippen molar-refractivity contribution in [1.29, 1.82) is 0 Å². The molecule has 0 saturated carbocycles. The fraction of sp³-hybridized carbons (Fsp3) is 0.500. The van der Waals surface area contributed by atoms with Gasteiger partial charge in [0.05, 0.1) is 0 Å². The maximum Gasteiger partial charge on any atom is 0.225 e. The van der Waals surface area contributed by atoms with Crippen LogP contribution in [0.4, 0.5) is 23.8 Å². The molecule has 24 heavy (non-hydrogen) atoms. The lowest BCUT2D eigenvalue weighted by Gasteiger charge is -2.24. The van der Waals surface area contributed by atoms with Gasteiger partial charge in [0.15, 0.2) is 0 Å². The van der Waals surface area contributed by atoms with Crippen molar-refractivity contribution < 1.29 is 5.11 Å². The normalized spacial score (nSPS) is 12.5. The van der Waals surface area contributed by atoms with Crippen LogP contribution in [-0.2, 0) is 12.8 Å². The van der Waals surface area contributed by atoms with Crippen LogP contribution in [0.2, 0.25) is 0 Å². The molecule has 2 aromatic rings. The van der Waals surface area contributed by atoms with Gasteiger partial charge in [0.25, 0.3) is 0 Å². The summed E-state index contributed by atoms with van der Waals surface area (Å²) in [6.07, 6.45) is 0.213. The van der Waals surface area contributed by atoms with Gasteiger partial charge in [0.2, 0.25) is 23.8 Å². The zero-order valence-corrected chi connectivity index (χ0v) is 13.3. The van der Waals surface area contributed by atoms with Crippen LogP contribution in [0.25, 0.3) is 0 Å². The van der Waals surface area contributed by atoms with Gasteiger partial charge in [-0.3, -0.25) is 4.90 Å². The lowest BCUT2D eigenvalue weighted by molar-refractivity contribution is 0.0196. The highest BCUT2D eigenvalue weighted by Gasteiger charge is 2.14. The first kappa shape index (κ1) is 17.5. The van der Waals surface area contributed by atoms with E-state index in [1.807, 2.05) is 0 Å². The molecule has 0 aliphatic heterocycles. The second-order valence-electron chi connectivity index (χ2n) is 5.10. The van der Waals surface area contributed by atoms with E-state index in [4.69, 9.17) is 22.9 Å². The number of hydrogen-bond acceptors (Lipinski definition) is 12. The van der Waals surface area contributed by atoms with Gasteiger partial charge in [-0.25, -0.2) is 0 Å². The van der Waals surface area contributed by atoms with Crippen molar-refractivity contribution in [3.05, 3.63) is 11.6 Å². The molecule has 0 amide bonds. The molecular weight excluding hydrogens is 314 g/mol. The molecule has 0 fully saturated rings. The van der Waals surface area contributed by atoms with Crippen LogP contribution in [-0.4, -0.2) is 59.2 Å². The van der Waals surface area contributed by atoms with Gasteiger partial charge < -0.3 is 28.0 Å². The first-order valence-corrected chi connectivity index (χ1v) is 7.27. The molecule has 0 aliphatic rings. The molecule has 130 valence electrons. The molecule has 2 heterocycles. The van der Waals surface area contributed by atoms with Gasteiger partial charge in [-0.05, 0) is 6.92 Å². The number of hydrogen-bond donors (Lipinski definition) is 5. The Morgan fingerprint density at radius 1 is 0.750 bits per heavy atom. The molecule has 9 N–H and O–H groups in total. The van der Waals surface area contributed by atoms with E-state index in [-0.39, 0.29) is 23.8 Å². The van der Waals surface area contributed by atoms with Gasteiger partial charge in [-0.1, -0.05) is 0 Å². The molecule has 12 nitrogen and oxygen atoms in total. The molecule has 0 radical (unpaired) electrons. The summed E-state index contributed by atoms with van der Waals surface area (Å²) < 4.78 is 0. The molecule has 12 heteroatoms. The minimum atomic E-state index is -0.682. The van der Waals surface area contributed by atoms with Gasteiger partial charge in [-0.15, -0.1) is 0 Å². The molecular formula is C12H21N11O. The minimum absolute atomic E-state index is 0.0669. The SMILES string of the molecule is CC(O)N(CCc1nc(N)nc(N)n1)CCc1nc(N)nc(N)n1. The maximum absolute atomic E-state index is 9.91. The number of nitrogens with zero attached hydrogens (tertiary/aromatic N) is 7. The molecule has 0 aliphatic carbocycles. The summed E-state index contributed by atoms with van der Waals surface area (Å²) in [4.78, 5) is 25.3. The Kier molecular flexibility index (Phi) is 5.55. The van der Waals surface area contributed by atoms with Crippen LogP contribution in [0.5, 0.6) is 0 Å². The first-order chi connectivity index (χ1) is 11.3. The van der Waals surface area contributed by atoms with Gasteiger partial charge in [0, 0.05) is 25.9 Å². The lowest BCUT2D eigenvalue weighted by Crippen LogP contribution is -2.37. The molecule has 0 bridgehead atoms. The number of aliphatic hydroxyl groups is 1. The molecule has 1 unspecified atom stereocenters. The van der Waals surface area contributed by atoms with Crippen molar-refractivity contribution in [1.82, 2.24) is 34.8 Å². The number of anilines is 4. The molecule has 0 aromatic carbocycles. The van der Waals surface area contributed by atoms with E-state index in [0.717, 1.165) is 0 Å². The Morgan fingerprint density at radius 2 is 1.08 bits per heavy atom. The molecule has 0 saturated heterocycles. The number of rotatable bonds is 7. The number of aromatic nitrogens is 6. The third kappa shape index (κ3) is 5.10. The second-order valence-corrected chi connectivity index (χ2v) is 5.10. The largest absolute Gasteiger partial charge is 0.379 e. The average molecular weight is 335 g/mol.